The number of benzene rings is 1. The Morgan fingerprint density at radius 1 is 1.21 bits per heavy atom. The van der Waals surface area contributed by atoms with Gasteiger partial charge < -0.3 is 15.1 Å². The topological polar surface area (TPSA) is 31.4 Å². The maximum Gasteiger partial charge on any atom is 0.170 e. The van der Waals surface area contributed by atoms with Gasteiger partial charge in [0.15, 0.2) is 5.11 Å². The molecule has 3 heterocycles. The van der Waals surface area contributed by atoms with E-state index >= 15 is 0 Å². The van der Waals surface area contributed by atoms with E-state index in [4.69, 9.17) is 12.2 Å². The van der Waals surface area contributed by atoms with Gasteiger partial charge in [0, 0.05) is 31.0 Å². The molecule has 1 saturated heterocycles. The van der Waals surface area contributed by atoms with Gasteiger partial charge >= 0.3 is 0 Å². The number of anilines is 1. The molecule has 0 spiro atoms. The number of nitrogens with zero attached hydrogens (tertiary/aromatic N) is 3. The predicted molar refractivity (Wildman–Crippen MR) is 120 cm³/mol. The Hall–Kier alpha value is -2.40. The largest absolute Gasteiger partial charge is 0.366 e. The lowest BCUT2D eigenvalue weighted by molar-refractivity contribution is 0.330. The fourth-order valence-corrected chi connectivity index (χ4v) is 4.84. The second-order valence-electron chi connectivity index (χ2n) is 8.23. The average Bonchev–Trinajstić information content (AvgIpc) is 3.02. The number of pyridine rings is 1. The lowest BCUT2D eigenvalue weighted by atomic mass is 9.86. The van der Waals surface area contributed by atoms with Gasteiger partial charge in [-0.1, -0.05) is 18.2 Å². The van der Waals surface area contributed by atoms with E-state index in [9.17, 15) is 0 Å². The molecule has 4 rings (SSSR count). The van der Waals surface area contributed by atoms with Crippen molar-refractivity contribution in [1.82, 2.24) is 15.2 Å². The molecule has 0 amide bonds. The molecule has 28 heavy (non-hydrogen) atoms. The maximum absolute atomic E-state index is 5.65. The zero-order chi connectivity index (χ0) is 20.1. The molecule has 4 nitrogen and oxygen atoms in total. The number of fused-ring (bicyclic) bond motifs is 1. The molecule has 2 aliphatic rings. The van der Waals surface area contributed by atoms with Crippen LogP contribution >= 0.6 is 12.2 Å². The van der Waals surface area contributed by atoms with Gasteiger partial charge in [-0.05, 0) is 75.3 Å². The van der Waals surface area contributed by atoms with Crippen molar-refractivity contribution in [2.75, 3.05) is 18.5 Å². The smallest absolute Gasteiger partial charge is 0.170 e. The van der Waals surface area contributed by atoms with Crippen molar-refractivity contribution in [3.63, 3.8) is 0 Å². The number of likely N-dealkylation sites (N-methyl/N-ethyl adjacent to an activating group) is 2. The van der Waals surface area contributed by atoms with Gasteiger partial charge in [-0.3, -0.25) is 4.98 Å². The van der Waals surface area contributed by atoms with E-state index in [1.807, 2.05) is 18.3 Å². The first-order valence-corrected chi connectivity index (χ1v) is 10.3. The Kier molecular flexibility index (Phi) is 4.66. The Balaban J connectivity index is 1.81. The highest BCUT2D eigenvalue weighted by atomic mass is 32.1. The minimum Gasteiger partial charge on any atom is -0.366 e. The van der Waals surface area contributed by atoms with E-state index in [2.05, 4.69) is 85.2 Å². The van der Waals surface area contributed by atoms with Crippen LogP contribution in [0.25, 0.3) is 5.57 Å². The lowest BCUT2D eigenvalue weighted by Gasteiger charge is -2.41. The summed E-state index contributed by atoms with van der Waals surface area (Å²) < 4.78 is 0. The van der Waals surface area contributed by atoms with Gasteiger partial charge in [0.1, 0.15) is 0 Å². The predicted octanol–water partition coefficient (Wildman–Crippen LogP) is 4.71. The molecular formula is C23H28N4S. The summed E-state index contributed by atoms with van der Waals surface area (Å²) in [6.45, 7) is 9.73. The summed E-state index contributed by atoms with van der Waals surface area (Å²) in [6, 6.07) is 13.1. The molecule has 1 fully saturated rings. The fourth-order valence-electron chi connectivity index (χ4n) is 4.47. The van der Waals surface area contributed by atoms with Gasteiger partial charge in [-0.15, -0.1) is 0 Å². The summed E-state index contributed by atoms with van der Waals surface area (Å²) in [5.41, 5.74) is 6.21. The summed E-state index contributed by atoms with van der Waals surface area (Å²) in [6.07, 6.45) is 4.20. The van der Waals surface area contributed by atoms with Crippen molar-refractivity contribution >= 4 is 28.6 Å². The van der Waals surface area contributed by atoms with Crippen LogP contribution in [0.5, 0.6) is 0 Å². The molecule has 2 aliphatic heterocycles. The summed E-state index contributed by atoms with van der Waals surface area (Å²) in [4.78, 5) is 9.23. The lowest BCUT2D eigenvalue weighted by Crippen LogP contribution is -2.42. The molecule has 1 aromatic heterocycles. The number of nitrogens with one attached hydrogen (secondary N) is 1. The van der Waals surface area contributed by atoms with Crippen LogP contribution in [0, 0.1) is 0 Å². The van der Waals surface area contributed by atoms with Gasteiger partial charge in [-0.25, -0.2) is 0 Å². The van der Waals surface area contributed by atoms with E-state index in [0.29, 0.717) is 0 Å². The molecule has 0 radical (unpaired) electrons. The number of rotatable bonds is 3. The standard InChI is InChI=1S/C23H28N4S/c1-6-27-21(20(25-22(27)28)18-9-7-8-12-24-18)16-10-11-19-17(13-16)15(2)14-23(3,4)26(19)5/h7-14,20-21H,6H2,1-5H3,(H,25,28)/t20-,21+/m0/s1. The molecule has 146 valence electrons. The second-order valence-corrected chi connectivity index (χ2v) is 8.62. The van der Waals surface area contributed by atoms with Crippen LogP contribution in [0.1, 0.15) is 56.6 Å². The Labute approximate surface area is 173 Å². The maximum atomic E-state index is 5.65. The van der Waals surface area contributed by atoms with Gasteiger partial charge in [-0.2, -0.15) is 0 Å². The van der Waals surface area contributed by atoms with E-state index in [0.717, 1.165) is 17.4 Å². The highest BCUT2D eigenvalue weighted by molar-refractivity contribution is 7.80. The number of hydrogen-bond acceptors (Lipinski definition) is 3. The van der Waals surface area contributed by atoms with Crippen LogP contribution in [0.15, 0.2) is 48.7 Å². The Morgan fingerprint density at radius 2 is 2.00 bits per heavy atom. The molecule has 5 heteroatoms. The number of allylic oxidation sites excluding steroid dienone is 1. The van der Waals surface area contributed by atoms with Crippen molar-refractivity contribution in [2.24, 2.45) is 0 Å². The number of hydrogen-bond donors (Lipinski definition) is 1. The average molecular weight is 393 g/mol. The summed E-state index contributed by atoms with van der Waals surface area (Å²) in [7, 11) is 2.17. The third-order valence-electron chi connectivity index (χ3n) is 6.12. The first-order chi connectivity index (χ1) is 13.3. The summed E-state index contributed by atoms with van der Waals surface area (Å²) >= 11 is 5.65. The normalized spacial score (nSPS) is 23.3. The minimum absolute atomic E-state index is 0.0149. The zero-order valence-electron chi connectivity index (χ0n) is 17.2. The van der Waals surface area contributed by atoms with Crippen LogP contribution in [-0.4, -0.2) is 34.1 Å². The molecule has 0 bridgehead atoms. The van der Waals surface area contributed by atoms with Gasteiger partial charge in [0.05, 0.1) is 23.3 Å². The third kappa shape index (κ3) is 2.98. The van der Waals surface area contributed by atoms with Crippen LogP contribution in [0.3, 0.4) is 0 Å². The van der Waals surface area contributed by atoms with E-state index in [-0.39, 0.29) is 17.6 Å². The van der Waals surface area contributed by atoms with Crippen LogP contribution in [-0.2, 0) is 0 Å². The second kappa shape index (κ2) is 6.89. The van der Waals surface area contributed by atoms with Crippen LogP contribution < -0.4 is 10.2 Å². The first-order valence-electron chi connectivity index (χ1n) is 9.89. The van der Waals surface area contributed by atoms with E-state index in [1.165, 1.54) is 22.4 Å². The molecule has 2 atom stereocenters. The molecule has 0 unspecified atom stereocenters. The SMILES string of the molecule is CCN1C(=S)N[C@@H](c2ccccn2)[C@H]1c1ccc2c(c1)C(C)=CC(C)(C)N2C. The molecule has 0 aliphatic carbocycles. The van der Waals surface area contributed by atoms with Crippen molar-refractivity contribution in [3.05, 3.63) is 65.5 Å². The molecule has 2 aromatic rings. The summed E-state index contributed by atoms with van der Waals surface area (Å²) in [5.74, 6) is 0. The van der Waals surface area contributed by atoms with Gasteiger partial charge in [0.25, 0.3) is 0 Å². The van der Waals surface area contributed by atoms with Crippen molar-refractivity contribution in [1.29, 1.82) is 0 Å². The molecular weight excluding hydrogens is 364 g/mol. The van der Waals surface area contributed by atoms with Crippen molar-refractivity contribution in [3.8, 4) is 0 Å². The van der Waals surface area contributed by atoms with Crippen LogP contribution in [0.4, 0.5) is 5.69 Å². The van der Waals surface area contributed by atoms with Crippen molar-refractivity contribution in [2.45, 2.75) is 45.3 Å². The quantitative estimate of drug-likeness (QED) is 0.765. The molecule has 1 N–H and O–H groups in total. The summed E-state index contributed by atoms with van der Waals surface area (Å²) in [5, 5.41) is 4.30. The molecule has 1 aromatic carbocycles. The third-order valence-corrected chi connectivity index (χ3v) is 6.47. The van der Waals surface area contributed by atoms with Crippen LogP contribution in [0.2, 0.25) is 0 Å². The highest BCUT2D eigenvalue weighted by Gasteiger charge is 2.39. The monoisotopic (exact) mass is 392 g/mol. The Bertz CT molecular complexity index is 935. The Morgan fingerprint density at radius 3 is 2.68 bits per heavy atom. The van der Waals surface area contributed by atoms with E-state index in [1.54, 1.807) is 0 Å². The minimum atomic E-state index is 0.0149. The first kappa shape index (κ1) is 18.9. The number of thiocarbonyl (C=S) groups is 1. The van der Waals surface area contributed by atoms with Crippen molar-refractivity contribution < 1.29 is 0 Å². The fraction of sp³-hybridized carbons (Fsp3) is 0.391. The zero-order valence-corrected chi connectivity index (χ0v) is 18.0. The van der Waals surface area contributed by atoms with E-state index < -0.39 is 0 Å². The van der Waals surface area contributed by atoms with Gasteiger partial charge in [0.2, 0.25) is 0 Å². The number of aromatic nitrogens is 1. The highest BCUT2D eigenvalue weighted by Crippen LogP contribution is 2.43. The molecule has 0 saturated carbocycles.